The molecule has 0 amide bonds. The molecule has 4 nitrogen and oxygen atoms in total. The van der Waals surface area contributed by atoms with Crippen molar-refractivity contribution in [3.05, 3.63) is 11.1 Å². The Morgan fingerprint density at radius 3 is 2.62 bits per heavy atom. The van der Waals surface area contributed by atoms with Gasteiger partial charge in [-0.15, -0.1) is 0 Å². The molecule has 1 spiro atoms. The van der Waals surface area contributed by atoms with Gasteiger partial charge in [-0.1, -0.05) is 17.7 Å². The summed E-state index contributed by atoms with van der Waals surface area (Å²) in [6, 6.07) is 0. The van der Waals surface area contributed by atoms with Crippen molar-refractivity contribution in [1.82, 2.24) is 0 Å². The van der Waals surface area contributed by atoms with E-state index in [4.69, 9.17) is 30.5 Å². The van der Waals surface area contributed by atoms with Crippen molar-refractivity contribution >= 4 is 11.6 Å². The van der Waals surface area contributed by atoms with E-state index in [-0.39, 0.29) is 12.2 Å². The summed E-state index contributed by atoms with van der Waals surface area (Å²) in [7, 11) is 1.60. The van der Waals surface area contributed by atoms with Crippen LogP contribution in [0.25, 0.3) is 0 Å². The maximum atomic E-state index is 6.14. The van der Waals surface area contributed by atoms with Gasteiger partial charge in [-0.3, -0.25) is 0 Å². The zero-order chi connectivity index (χ0) is 11.6. The third-order valence-corrected chi connectivity index (χ3v) is 3.88. The van der Waals surface area contributed by atoms with Crippen LogP contribution in [0.15, 0.2) is 11.1 Å². The summed E-state index contributed by atoms with van der Waals surface area (Å²) in [4.78, 5) is 0. The van der Waals surface area contributed by atoms with E-state index < -0.39 is 17.7 Å². The van der Waals surface area contributed by atoms with Gasteiger partial charge in [-0.05, 0) is 13.8 Å². The Morgan fingerprint density at radius 1 is 1.38 bits per heavy atom. The number of hydrogen-bond donors (Lipinski definition) is 0. The van der Waals surface area contributed by atoms with Gasteiger partial charge in [-0.2, -0.15) is 0 Å². The molecule has 1 aliphatic carbocycles. The molecule has 5 heteroatoms. The lowest BCUT2D eigenvalue weighted by atomic mass is 9.83. The molecule has 1 unspecified atom stereocenters. The number of methoxy groups -OCH3 is 1. The van der Waals surface area contributed by atoms with Crippen LogP contribution in [-0.2, 0) is 18.9 Å². The fourth-order valence-corrected chi connectivity index (χ4v) is 2.92. The molecule has 3 rings (SSSR count). The molecular weight excluding hydrogens is 232 g/mol. The van der Waals surface area contributed by atoms with Crippen molar-refractivity contribution in [2.45, 2.75) is 50.2 Å². The second-order valence-electron chi connectivity index (χ2n) is 4.89. The second kappa shape index (κ2) is 3.21. The third kappa shape index (κ3) is 1.25. The lowest BCUT2D eigenvalue weighted by Crippen LogP contribution is -2.47. The molecule has 16 heavy (non-hydrogen) atoms. The van der Waals surface area contributed by atoms with Crippen molar-refractivity contribution in [2.75, 3.05) is 7.11 Å². The van der Waals surface area contributed by atoms with Crippen molar-refractivity contribution in [3.8, 4) is 0 Å². The maximum absolute atomic E-state index is 6.14. The first kappa shape index (κ1) is 11.0. The van der Waals surface area contributed by atoms with Gasteiger partial charge in [0.05, 0.1) is 0 Å². The van der Waals surface area contributed by atoms with Gasteiger partial charge in [0.15, 0.2) is 12.1 Å². The first-order valence-electron chi connectivity index (χ1n) is 5.41. The van der Waals surface area contributed by atoms with Gasteiger partial charge >= 0.3 is 0 Å². The molecule has 0 saturated carbocycles. The highest BCUT2D eigenvalue weighted by Crippen LogP contribution is 2.54. The van der Waals surface area contributed by atoms with Gasteiger partial charge in [-0.25, -0.2) is 0 Å². The molecule has 0 aromatic rings. The molecule has 0 radical (unpaired) electrons. The van der Waals surface area contributed by atoms with E-state index in [1.54, 1.807) is 7.11 Å². The minimum Gasteiger partial charge on any atom is -0.353 e. The lowest BCUT2D eigenvalue weighted by Gasteiger charge is -2.38. The third-order valence-electron chi connectivity index (χ3n) is 3.40. The Balaban J connectivity index is 1.93. The predicted molar refractivity (Wildman–Crippen MR) is 57.0 cm³/mol. The molecule has 3 aliphatic rings. The highest BCUT2D eigenvalue weighted by atomic mass is 35.5. The molecule has 0 N–H and O–H groups in total. The van der Waals surface area contributed by atoms with Crippen molar-refractivity contribution < 1.29 is 18.9 Å². The van der Waals surface area contributed by atoms with E-state index in [0.717, 1.165) is 6.42 Å². The minimum absolute atomic E-state index is 0.176. The van der Waals surface area contributed by atoms with Gasteiger partial charge in [0.25, 0.3) is 0 Å². The van der Waals surface area contributed by atoms with Crippen LogP contribution in [0.1, 0.15) is 20.3 Å². The zero-order valence-corrected chi connectivity index (χ0v) is 10.3. The van der Waals surface area contributed by atoms with Crippen LogP contribution >= 0.6 is 11.6 Å². The van der Waals surface area contributed by atoms with E-state index in [9.17, 15) is 0 Å². The molecule has 2 saturated heterocycles. The maximum Gasteiger partial charge on any atom is 0.187 e. The fourth-order valence-electron chi connectivity index (χ4n) is 2.61. The largest absolute Gasteiger partial charge is 0.353 e. The van der Waals surface area contributed by atoms with Crippen LogP contribution in [0, 0.1) is 0 Å². The number of fused-ring (bicyclic) bond motifs is 2. The number of hydrogen-bond acceptors (Lipinski definition) is 4. The summed E-state index contributed by atoms with van der Waals surface area (Å²) in [6.45, 7) is 3.78. The monoisotopic (exact) mass is 246 g/mol. The van der Waals surface area contributed by atoms with Gasteiger partial charge in [0.2, 0.25) is 0 Å². The van der Waals surface area contributed by atoms with E-state index in [2.05, 4.69) is 0 Å². The zero-order valence-electron chi connectivity index (χ0n) is 9.53. The first-order chi connectivity index (χ1) is 7.48. The number of rotatable bonds is 1. The summed E-state index contributed by atoms with van der Waals surface area (Å²) < 4.78 is 22.8. The Morgan fingerprint density at radius 2 is 2.12 bits per heavy atom. The van der Waals surface area contributed by atoms with Crippen LogP contribution in [0.4, 0.5) is 0 Å². The summed E-state index contributed by atoms with van der Waals surface area (Å²) in [5.41, 5.74) is -0.541. The van der Waals surface area contributed by atoms with Crippen molar-refractivity contribution in [2.24, 2.45) is 0 Å². The Bertz CT molecular complexity index is 354. The topological polar surface area (TPSA) is 36.9 Å². The van der Waals surface area contributed by atoms with E-state index in [0.29, 0.717) is 5.03 Å². The van der Waals surface area contributed by atoms with E-state index in [1.807, 2.05) is 19.9 Å². The Labute approximate surface area is 99.4 Å². The summed E-state index contributed by atoms with van der Waals surface area (Å²) in [5.74, 6) is -0.602. The molecule has 2 fully saturated rings. The molecule has 0 aromatic carbocycles. The Kier molecular flexibility index (Phi) is 2.20. The fraction of sp³-hybridized carbons (Fsp3) is 0.818. The smallest absolute Gasteiger partial charge is 0.187 e. The lowest BCUT2D eigenvalue weighted by molar-refractivity contribution is -0.244. The van der Waals surface area contributed by atoms with Crippen LogP contribution in [-0.4, -0.2) is 37.0 Å². The SMILES string of the molecule is CO[C@@H]1O[C@@]2(CC=C2Cl)[C@@H]2OC(C)(C)OC12. The average Bonchev–Trinajstić information content (AvgIpc) is 2.68. The summed E-state index contributed by atoms with van der Waals surface area (Å²) >= 11 is 6.14. The normalized spacial score (nSPS) is 49.0. The van der Waals surface area contributed by atoms with E-state index >= 15 is 0 Å². The van der Waals surface area contributed by atoms with Crippen molar-refractivity contribution in [1.29, 1.82) is 0 Å². The molecule has 0 aromatic heterocycles. The number of ether oxygens (including phenoxy) is 4. The first-order valence-corrected chi connectivity index (χ1v) is 5.79. The molecule has 2 aliphatic heterocycles. The molecule has 4 atom stereocenters. The van der Waals surface area contributed by atoms with E-state index in [1.165, 1.54) is 0 Å². The summed E-state index contributed by atoms with van der Waals surface area (Å²) in [5, 5.41) is 0.698. The average molecular weight is 247 g/mol. The summed E-state index contributed by atoms with van der Waals surface area (Å²) in [6.07, 6.45) is 1.90. The molecule has 2 heterocycles. The second-order valence-corrected chi connectivity index (χ2v) is 5.30. The molecule has 0 bridgehead atoms. The standard InChI is InChI=1S/C11H15ClO4/c1-10(2)14-7-8(15-10)11(5-4-6(11)12)16-9(7)13-3/h4,7-9H,5H2,1-3H3/t7?,8-,9-,11-/m1/s1. The van der Waals surface area contributed by atoms with Crippen LogP contribution in [0.3, 0.4) is 0 Å². The molecule has 90 valence electrons. The quantitative estimate of drug-likeness (QED) is 0.707. The highest BCUT2D eigenvalue weighted by molar-refractivity contribution is 6.31. The van der Waals surface area contributed by atoms with Gasteiger partial charge in [0, 0.05) is 18.6 Å². The highest BCUT2D eigenvalue weighted by Gasteiger charge is 2.66. The number of halogens is 1. The Hall–Kier alpha value is -0.130. The minimum atomic E-state index is -0.602. The van der Waals surface area contributed by atoms with Gasteiger partial charge < -0.3 is 18.9 Å². The van der Waals surface area contributed by atoms with Crippen LogP contribution in [0.5, 0.6) is 0 Å². The predicted octanol–water partition coefficient (Wildman–Crippen LogP) is 1.77. The van der Waals surface area contributed by atoms with Crippen molar-refractivity contribution in [3.63, 3.8) is 0 Å². The molecular formula is C11H15ClO4. The van der Waals surface area contributed by atoms with Crippen LogP contribution < -0.4 is 0 Å². The van der Waals surface area contributed by atoms with Crippen LogP contribution in [0.2, 0.25) is 0 Å². The van der Waals surface area contributed by atoms with Gasteiger partial charge in [0.1, 0.15) is 17.8 Å².